The van der Waals surface area contributed by atoms with Gasteiger partial charge in [-0.25, -0.2) is 4.79 Å². The van der Waals surface area contributed by atoms with Gasteiger partial charge in [-0.1, -0.05) is 32.0 Å². The molecule has 146 valence electrons. The highest BCUT2D eigenvalue weighted by Gasteiger charge is 2.56. The van der Waals surface area contributed by atoms with E-state index in [1.54, 1.807) is 11.9 Å². The first-order valence-electron chi connectivity index (χ1n) is 9.86. The number of anilines is 1. The average Bonchev–Trinajstić information content (AvgIpc) is 3.03. The van der Waals surface area contributed by atoms with E-state index in [-0.39, 0.29) is 30.4 Å². The van der Waals surface area contributed by atoms with Gasteiger partial charge < -0.3 is 9.80 Å². The summed E-state index contributed by atoms with van der Waals surface area (Å²) in [5, 5.41) is 3.57. The van der Waals surface area contributed by atoms with Gasteiger partial charge in [0.1, 0.15) is 18.5 Å². The predicted octanol–water partition coefficient (Wildman–Crippen LogP) is 1.64. The molecule has 4 unspecified atom stereocenters. The molecule has 1 aromatic carbocycles. The number of carbonyl (C=O) groups excluding carboxylic acids is 2. The minimum Gasteiger partial charge on any atom is -0.343 e. The fraction of sp³-hybridized carbons (Fsp3) is 0.600. The lowest BCUT2D eigenvalue weighted by Crippen LogP contribution is -2.66. The zero-order valence-corrected chi connectivity index (χ0v) is 16.6. The molecule has 3 fully saturated rings. The van der Waals surface area contributed by atoms with Crippen LogP contribution in [0.3, 0.4) is 0 Å². The third-order valence-corrected chi connectivity index (χ3v) is 5.96. The number of hydrogen-bond acceptors (Lipinski definition) is 5. The highest BCUT2D eigenvalue weighted by atomic mass is 16.2. The number of fused-ring (bicyclic) bond motifs is 3. The van der Waals surface area contributed by atoms with Gasteiger partial charge in [-0.15, -0.1) is 0 Å². The summed E-state index contributed by atoms with van der Waals surface area (Å²) in [6, 6.07) is 7.81. The Morgan fingerprint density at radius 3 is 2.63 bits per heavy atom. The summed E-state index contributed by atoms with van der Waals surface area (Å²) in [4.78, 5) is 33.6. The van der Waals surface area contributed by atoms with Gasteiger partial charge in [0, 0.05) is 32.4 Å². The number of amides is 3. The smallest absolute Gasteiger partial charge is 0.327 e. The molecule has 1 aromatic rings. The lowest BCUT2D eigenvalue weighted by atomic mass is 10.0. The number of hydrogen-bond donors (Lipinski definition) is 1. The lowest BCUT2D eigenvalue weighted by Gasteiger charge is -2.46. The average molecular weight is 371 g/mol. The van der Waals surface area contributed by atoms with Crippen LogP contribution < -0.4 is 10.2 Å². The Morgan fingerprint density at radius 1 is 1.19 bits per heavy atom. The Balaban J connectivity index is 1.70. The summed E-state index contributed by atoms with van der Waals surface area (Å²) in [6.07, 6.45) is 0.392. The summed E-state index contributed by atoms with van der Waals surface area (Å²) in [6.45, 7) is 8.56. The van der Waals surface area contributed by atoms with Gasteiger partial charge in [-0.2, -0.15) is 0 Å². The quantitative estimate of drug-likeness (QED) is 0.875. The van der Waals surface area contributed by atoms with Gasteiger partial charge in [0.15, 0.2) is 0 Å². The van der Waals surface area contributed by atoms with Gasteiger partial charge in [0.2, 0.25) is 0 Å². The third-order valence-electron chi connectivity index (χ3n) is 5.96. The second kappa shape index (κ2) is 6.80. The fourth-order valence-corrected chi connectivity index (χ4v) is 4.72. The zero-order chi connectivity index (χ0) is 19.3. The van der Waals surface area contributed by atoms with E-state index < -0.39 is 0 Å². The van der Waals surface area contributed by atoms with Crippen LogP contribution in [0.1, 0.15) is 25.8 Å². The van der Waals surface area contributed by atoms with Crippen molar-refractivity contribution < 1.29 is 9.59 Å². The van der Waals surface area contributed by atoms with E-state index in [1.807, 2.05) is 13.0 Å². The largest absolute Gasteiger partial charge is 0.343 e. The number of nitrogens with zero attached hydrogens (tertiary/aromatic N) is 4. The lowest BCUT2D eigenvalue weighted by molar-refractivity contribution is -0.138. The summed E-state index contributed by atoms with van der Waals surface area (Å²) in [5.41, 5.74) is 2.39. The normalized spacial score (nSPS) is 31.3. The molecule has 0 aliphatic carbocycles. The minimum atomic E-state index is -0.335. The van der Waals surface area contributed by atoms with Crippen molar-refractivity contribution >= 4 is 17.6 Å². The number of para-hydroxylation sites is 1. The Bertz CT molecular complexity index is 754. The number of nitrogens with one attached hydrogen (secondary N) is 1. The van der Waals surface area contributed by atoms with Crippen molar-refractivity contribution in [2.75, 3.05) is 31.6 Å². The zero-order valence-electron chi connectivity index (χ0n) is 16.6. The first-order valence-corrected chi connectivity index (χ1v) is 9.86. The molecule has 4 atom stereocenters. The van der Waals surface area contributed by atoms with E-state index in [0.717, 1.165) is 19.5 Å². The topological polar surface area (TPSA) is 59.1 Å². The van der Waals surface area contributed by atoms with Crippen LogP contribution in [0.15, 0.2) is 24.3 Å². The number of aryl methyl sites for hydroxylation is 1. The molecule has 0 radical (unpaired) electrons. The van der Waals surface area contributed by atoms with Gasteiger partial charge in [-0.05, 0) is 30.9 Å². The van der Waals surface area contributed by atoms with Crippen molar-refractivity contribution in [2.24, 2.45) is 5.92 Å². The van der Waals surface area contributed by atoms with Crippen molar-refractivity contribution in [3.05, 3.63) is 29.8 Å². The van der Waals surface area contributed by atoms with Crippen LogP contribution in [-0.2, 0) is 4.79 Å². The molecule has 3 aliphatic heterocycles. The number of benzene rings is 1. The van der Waals surface area contributed by atoms with Crippen LogP contribution in [-0.4, -0.2) is 71.8 Å². The molecule has 0 bridgehead atoms. The minimum absolute atomic E-state index is 0.0706. The summed E-state index contributed by atoms with van der Waals surface area (Å²) in [7, 11) is 1.79. The molecule has 3 heterocycles. The summed E-state index contributed by atoms with van der Waals surface area (Å²) in [5.74, 6) is 0.357. The molecule has 7 heteroatoms. The third kappa shape index (κ3) is 2.80. The Morgan fingerprint density at radius 2 is 1.93 bits per heavy atom. The number of imide groups is 1. The van der Waals surface area contributed by atoms with Crippen LogP contribution in [0.5, 0.6) is 0 Å². The van der Waals surface area contributed by atoms with Crippen molar-refractivity contribution in [2.45, 2.75) is 45.7 Å². The molecule has 0 aromatic heterocycles. The van der Waals surface area contributed by atoms with Crippen LogP contribution >= 0.6 is 0 Å². The van der Waals surface area contributed by atoms with Gasteiger partial charge in [-0.3, -0.25) is 19.9 Å². The standard InChI is InChI=1S/C20H29N5O2/c1-5-10-23-18(26)16-17(22(4)20(23)27)21-19-24(11-13(2)12-25(16)19)15-9-7-6-8-14(15)3/h6-9,13,16-17,19,21H,5,10-12H2,1-4H3. The molecule has 3 aliphatic rings. The predicted molar refractivity (Wildman–Crippen MR) is 104 cm³/mol. The highest BCUT2D eigenvalue weighted by molar-refractivity contribution is 6.00. The second-order valence-corrected chi connectivity index (χ2v) is 8.05. The van der Waals surface area contributed by atoms with Gasteiger partial charge >= 0.3 is 6.03 Å². The van der Waals surface area contributed by atoms with E-state index in [4.69, 9.17) is 0 Å². The first kappa shape index (κ1) is 18.3. The fourth-order valence-electron chi connectivity index (χ4n) is 4.72. The maximum Gasteiger partial charge on any atom is 0.327 e. The summed E-state index contributed by atoms with van der Waals surface area (Å²) >= 11 is 0. The van der Waals surface area contributed by atoms with Crippen LogP contribution in [0, 0.1) is 12.8 Å². The molecule has 27 heavy (non-hydrogen) atoms. The Hall–Kier alpha value is -2.12. The maximum atomic E-state index is 13.2. The first-order chi connectivity index (χ1) is 12.9. The summed E-state index contributed by atoms with van der Waals surface area (Å²) < 4.78 is 0. The molecule has 0 spiro atoms. The van der Waals surface area contributed by atoms with Crippen molar-refractivity contribution in [1.82, 2.24) is 20.0 Å². The molecular formula is C20H29N5O2. The number of likely N-dealkylation sites (N-methyl/N-ethyl adjacent to an activating group) is 1. The van der Waals surface area contributed by atoms with E-state index in [2.05, 4.69) is 47.2 Å². The Kier molecular flexibility index (Phi) is 4.60. The number of urea groups is 1. The van der Waals surface area contributed by atoms with Crippen LogP contribution in [0.25, 0.3) is 0 Å². The molecule has 3 amide bonds. The van der Waals surface area contributed by atoms with Crippen molar-refractivity contribution in [3.63, 3.8) is 0 Å². The monoisotopic (exact) mass is 371 g/mol. The Labute approximate surface area is 160 Å². The number of carbonyl (C=O) groups is 2. The molecule has 7 nitrogen and oxygen atoms in total. The van der Waals surface area contributed by atoms with Gasteiger partial charge in [0.25, 0.3) is 5.91 Å². The van der Waals surface area contributed by atoms with E-state index in [1.165, 1.54) is 16.2 Å². The second-order valence-electron chi connectivity index (χ2n) is 8.05. The molecule has 3 saturated heterocycles. The highest BCUT2D eigenvalue weighted by Crippen LogP contribution is 2.35. The van der Waals surface area contributed by atoms with E-state index in [9.17, 15) is 9.59 Å². The van der Waals surface area contributed by atoms with Crippen molar-refractivity contribution in [3.8, 4) is 0 Å². The van der Waals surface area contributed by atoms with E-state index in [0.29, 0.717) is 12.5 Å². The number of rotatable bonds is 3. The molecule has 0 saturated carbocycles. The van der Waals surface area contributed by atoms with Crippen LogP contribution in [0.4, 0.5) is 10.5 Å². The SMILES string of the molecule is CCCN1C(=O)C2C(NC3N(c4ccccc4C)CC(C)CN23)N(C)C1=O. The maximum absolute atomic E-state index is 13.2. The molecular weight excluding hydrogens is 342 g/mol. The van der Waals surface area contributed by atoms with Gasteiger partial charge in [0.05, 0.1) is 0 Å². The molecule has 4 rings (SSSR count). The van der Waals surface area contributed by atoms with E-state index >= 15 is 0 Å². The van der Waals surface area contributed by atoms with Crippen molar-refractivity contribution in [1.29, 1.82) is 0 Å². The van der Waals surface area contributed by atoms with Crippen LogP contribution in [0.2, 0.25) is 0 Å². The molecule has 1 N–H and O–H groups in total.